The molecule has 0 saturated carbocycles. The Kier molecular flexibility index (Phi) is 8.25. The van der Waals surface area contributed by atoms with Crippen LogP contribution in [0.2, 0.25) is 5.15 Å². The Morgan fingerprint density at radius 3 is 2.62 bits per heavy atom. The van der Waals surface area contributed by atoms with Gasteiger partial charge in [-0.25, -0.2) is 9.07 Å². The molecular formula is C29H26ClFN8O3. The molecule has 3 aromatic rings. The van der Waals surface area contributed by atoms with Gasteiger partial charge in [-0.1, -0.05) is 47.1 Å². The number of aromatic nitrogens is 3. The quantitative estimate of drug-likeness (QED) is 0.370. The minimum absolute atomic E-state index is 0.0978. The first kappa shape index (κ1) is 28.4. The third-order valence-corrected chi connectivity index (χ3v) is 6.90. The smallest absolute Gasteiger partial charge is 0.247 e. The standard InChI is InChI=1S/C29H26ClFN8O3/c1-33-14-19-12-21(8-9-22(19)32)34-29(42)25(11-18-5-3-2-4-6-18)38-17-27(40)37(16-28(38)41)24-13-20(31)7-10-23(24)39-15-26(30)35-36-39/h2-10,12-15,25,32-33H,11,16-17H2,1H3,(H,34,42)/b19-14-,32-22?. The molecule has 1 fully saturated rings. The molecule has 1 aromatic heterocycles. The number of anilines is 1. The van der Waals surface area contributed by atoms with E-state index in [-0.39, 0.29) is 23.0 Å². The van der Waals surface area contributed by atoms with Crippen molar-refractivity contribution in [3.8, 4) is 5.69 Å². The average Bonchev–Trinajstić information content (AvgIpc) is 3.41. The van der Waals surface area contributed by atoms with Crippen LogP contribution in [-0.2, 0) is 20.8 Å². The monoisotopic (exact) mass is 588 g/mol. The number of allylic oxidation sites excluding steroid dienone is 4. The molecule has 3 N–H and O–H groups in total. The number of amides is 3. The van der Waals surface area contributed by atoms with E-state index in [1.807, 2.05) is 30.3 Å². The second-order valence-corrected chi connectivity index (χ2v) is 9.94. The summed E-state index contributed by atoms with van der Waals surface area (Å²) in [4.78, 5) is 43.2. The molecule has 1 aliphatic heterocycles. The molecule has 3 amide bonds. The number of hydrogen-bond acceptors (Lipinski definition) is 7. The first-order valence-corrected chi connectivity index (χ1v) is 13.3. The maximum Gasteiger partial charge on any atom is 0.247 e. The fourth-order valence-electron chi connectivity index (χ4n) is 4.73. The van der Waals surface area contributed by atoms with E-state index in [2.05, 4.69) is 20.9 Å². The lowest BCUT2D eigenvalue weighted by atomic mass is 10.0. The second-order valence-electron chi connectivity index (χ2n) is 9.55. The molecule has 2 aliphatic rings. The van der Waals surface area contributed by atoms with Crippen molar-refractivity contribution in [3.63, 3.8) is 0 Å². The van der Waals surface area contributed by atoms with E-state index in [0.717, 1.165) is 16.5 Å². The highest BCUT2D eigenvalue weighted by molar-refractivity contribution is 6.29. The topological polar surface area (TPSA) is 136 Å². The summed E-state index contributed by atoms with van der Waals surface area (Å²) in [5.74, 6) is -2.12. The fraction of sp³-hybridized carbons (Fsp3) is 0.172. The van der Waals surface area contributed by atoms with Crippen molar-refractivity contribution in [2.24, 2.45) is 0 Å². The number of piperazine rings is 1. The van der Waals surface area contributed by atoms with E-state index >= 15 is 0 Å². The number of hydrogen-bond donors (Lipinski definition) is 3. The second kappa shape index (κ2) is 12.2. The van der Waals surface area contributed by atoms with Crippen LogP contribution in [0.3, 0.4) is 0 Å². The van der Waals surface area contributed by atoms with Crippen molar-refractivity contribution >= 4 is 40.7 Å². The Morgan fingerprint density at radius 2 is 1.90 bits per heavy atom. The van der Waals surface area contributed by atoms with Gasteiger partial charge in [-0.2, -0.15) is 0 Å². The first-order chi connectivity index (χ1) is 20.2. The summed E-state index contributed by atoms with van der Waals surface area (Å²) in [5.41, 5.74) is 2.48. The van der Waals surface area contributed by atoms with Crippen LogP contribution >= 0.6 is 11.6 Å². The summed E-state index contributed by atoms with van der Waals surface area (Å²) in [6.07, 6.45) is 7.98. The van der Waals surface area contributed by atoms with E-state index in [1.54, 1.807) is 31.5 Å². The van der Waals surface area contributed by atoms with E-state index in [1.165, 1.54) is 27.9 Å². The van der Waals surface area contributed by atoms with Crippen molar-refractivity contribution in [2.45, 2.75) is 12.5 Å². The van der Waals surface area contributed by atoms with Gasteiger partial charge >= 0.3 is 0 Å². The van der Waals surface area contributed by atoms with Gasteiger partial charge in [0.15, 0.2) is 5.15 Å². The molecule has 0 bridgehead atoms. The third kappa shape index (κ3) is 6.13. The molecule has 13 heteroatoms. The molecule has 1 saturated heterocycles. The van der Waals surface area contributed by atoms with Gasteiger partial charge in [-0.05, 0) is 42.0 Å². The molecule has 0 spiro atoms. The van der Waals surface area contributed by atoms with Gasteiger partial charge in [0.2, 0.25) is 17.7 Å². The van der Waals surface area contributed by atoms with Crippen LogP contribution in [-0.4, -0.2) is 69.5 Å². The van der Waals surface area contributed by atoms with Gasteiger partial charge in [-0.3, -0.25) is 19.3 Å². The normalized spacial score (nSPS) is 17.0. The molecule has 5 rings (SSSR count). The summed E-state index contributed by atoms with van der Waals surface area (Å²) >= 11 is 5.91. The van der Waals surface area contributed by atoms with Crippen LogP contribution in [0.5, 0.6) is 0 Å². The largest absolute Gasteiger partial charge is 0.393 e. The Labute approximate surface area is 245 Å². The Morgan fingerprint density at radius 1 is 1.12 bits per heavy atom. The number of carbonyl (C=O) groups excluding carboxylic acids is 3. The summed E-state index contributed by atoms with van der Waals surface area (Å²) in [5, 5.41) is 21.5. The minimum atomic E-state index is -1.03. The summed E-state index contributed by atoms with van der Waals surface area (Å²) in [6.45, 7) is -0.840. The Balaban J connectivity index is 1.43. The van der Waals surface area contributed by atoms with Gasteiger partial charge in [0.1, 0.15) is 24.9 Å². The Bertz CT molecular complexity index is 1650. The molecular weight excluding hydrogens is 563 g/mol. The predicted molar refractivity (Wildman–Crippen MR) is 155 cm³/mol. The fourth-order valence-corrected chi connectivity index (χ4v) is 4.85. The Hall–Kier alpha value is -5.10. The molecule has 11 nitrogen and oxygen atoms in total. The zero-order valence-electron chi connectivity index (χ0n) is 22.4. The molecule has 42 heavy (non-hydrogen) atoms. The van der Waals surface area contributed by atoms with Gasteiger partial charge < -0.3 is 20.9 Å². The maximum atomic E-state index is 14.3. The summed E-state index contributed by atoms with van der Waals surface area (Å²) < 4.78 is 15.6. The van der Waals surface area contributed by atoms with Gasteiger partial charge in [0.25, 0.3) is 0 Å². The van der Waals surface area contributed by atoms with Crippen LogP contribution in [0.4, 0.5) is 10.1 Å². The van der Waals surface area contributed by atoms with Crippen LogP contribution < -0.4 is 15.5 Å². The number of rotatable bonds is 8. The van der Waals surface area contributed by atoms with E-state index in [4.69, 9.17) is 17.0 Å². The zero-order chi connectivity index (χ0) is 29.8. The van der Waals surface area contributed by atoms with Gasteiger partial charge in [0, 0.05) is 30.9 Å². The average molecular weight is 589 g/mol. The molecule has 2 aromatic carbocycles. The maximum absolute atomic E-state index is 14.3. The molecule has 1 atom stereocenters. The highest BCUT2D eigenvalue weighted by Crippen LogP contribution is 2.28. The minimum Gasteiger partial charge on any atom is -0.393 e. The van der Waals surface area contributed by atoms with Crippen molar-refractivity contribution in [1.29, 1.82) is 5.41 Å². The number of nitrogens with one attached hydrogen (secondary N) is 3. The van der Waals surface area contributed by atoms with E-state index in [0.29, 0.717) is 17.0 Å². The number of nitrogens with zero attached hydrogens (tertiary/aromatic N) is 5. The number of halogens is 2. The van der Waals surface area contributed by atoms with E-state index < -0.39 is 42.7 Å². The van der Waals surface area contributed by atoms with Crippen molar-refractivity contribution in [2.75, 3.05) is 25.0 Å². The van der Waals surface area contributed by atoms with Crippen LogP contribution in [0.25, 0.3) is 5.69 Å². The highest BCUT2D eigenvalue weighted by atomic mass is 35.5. The first-order valence-electron chi connectivity index (χ1n) is 12.9. The lowest BCUT2D eigenvalue weighted by Crippen LogP contribution is -2.60. The molecule has 2 heterocycles. The lowest BCUT2D eigenvalue weighted by molar-refractivity contribution is -0.145. The predicted octanol–water partition coefficient (Wildman–Crippen LogP) is 2.54. The summed E-state index contributed by atoms with van der Waals surface area (Å²) in [7, 11) is 1.71. The zero-order valence-corrected chi connectivity index (χ0v) is 23.2. The van der Waals surface area contributed by atoms with Crippen molar-refractivity contribution in [3.05, 3.63) is 107 Å². The van der Waals surface area contributed by atoms with Crippen LogP contribution in [0.15, 0.2) is 90.4 Å². The number of benzene rings is 2. The van der Waals surface area contributed by atoms with E-state index in [9.17, 15) is 18.8 Å². The lowest BCUT2D eigenvalue weighted by Gasteiger charge is -2.38. The van der Waals surface area contributed by atoms with Gasteiger partial charge in [-0.15, -0.1) is 5.10 Å². The molecule has 0 radical (unpaired) electrons. The molecule has 1 aliphatic carbocycles. The van der Waals surface area contributed by atoms with Crippen molar-refractivity contribution in [1.82, 2.24) is 30.5 Å². The molecule has 214 valence electrons. The van der Waals surface area contributed by atoms with Crippen LogP contribution in [0, 0.1) is 11.2 Å². The third-order valence-electron chi connectivity index (χ3n) is 6.73. The van der Waals surface area contributed by atoms with Gasteiger partial charge in [0.05, 0.1) is 23.3 Å². The van der Waals surface area contributed by atoms with Crippen LogP contribution in [0.1, 0.15) is 5.56 Å². The summed E-state index contributed by atoms with van der Waals surface area (Å²) in [6, 6.07) is 11.9. The molecule has 1 unspecified atom stereocenters. The highest BCUT2D eigenvalue weighted by Gasteiger charge is 2.39. The van der Waals surface area contributed by atoms with Crippen molar-refractivity contribution < 1.29 is 18.8 Å². The number of carbonyl (C=O) groups is 3. The SMILES string of the molecule is CN/C=C1/C=C(NC(=O)C(Cc2ccccc2)N2CC(=O)N(c3cc(F)ccc3-n3cc(Cl)nn3)CC2=O)C=CC1=N.